The maximum absolute atomic E-state index is 12.5. The van der Waals surface area contributed by atoms with Crippen LogP contribution in [0.15, 0.2) is 42.5 Å². The molecule has 29 heavy (non-hydrogen) atoms. The molecule has 152 valence electrons. The van der Waals surface area contributed by atoms with Gasteiger partial charge in [-0.3, -0.25) is 9.59 Å². The summed E-state index contributed by atoms with van der Waals surface area (Å²) < 4.78 is 0. The van der Waals surface area contributed by atoms with Gasteiger partial charge in [-0.2, -0.15) is 0 Å². The Hall–Kier alpha value is -2.80. The van der Waals surface area contributed by atoms with E-state index in [1.807, 2.05) is 63.2 Å². The lowest BCUT2D eigenvalue weighted by molar-refractivity contribution is -0.131. The van der Waals surface area contributed by atoms with E-state index in [0.29, 0.717) is 0 Å². The first-order valence-electron chi connectivity index (χ1n) is 9.51. The summed E-state index contributed by atoms with van der Waals surface area (Å²) in [4.78, 5) is 34.2. The van der Waals surface area contributed by atoms with Crippen LogP contribution in [0.5, 0.6) is 0 Å². The Morgan fingerprint density at radius 1 is 1.14 bits per heavy atom. The Morgan fingerprint density at radius 2 is 1.83 bits per heavy atom. The highest BCUT2D eigenvalue weighted by Gasteiger charge is 2.17. The molecule has 2 amide bonds. The molecule has 0 saturated carbocycles. The van der Waals surface area contributed by atoms with Crippen LogP contribution < -0.4 is 5.32 Å². The minimum Gasteiger partial charge on any atom is -0.341 e. The largest absolute Gasteiger partial charge is 0.341 e. The summed E-state index contributed by atoms with van der Waals surface area (Å²) in [6.07, 6.45) is 0. The number of rotatable bonds is 7. The van der Waals surface area contributed by atoms with Crippen LogP contribution in [-0.2, 0) is 9.59 Å². The van der Waals surface area contributed by atoms with E-state index in [9.17, 15) is 9.59 Å². The van der Waals surface area contributed by atoms with Gasteiger partial charge in [-0.15, -0.1) is 11.8 Å². The highest BCUT2D eigenvalue weighted by Crippen LogP contribution is 2.27. The summed E-state index contributed by atoms with van der Waals surface area (Å²) >= 11 is 1.50. The van der Waals surface area contributed by atoms with E-state index < -0.39 is 0 Å². The number of para-hydroxylation sites is 3. The zero-order valence-corrected chi connectivity index (χ0v) is 18.0. The first kappa shape index (κ1) is 20.9. The number of carbonyl (C=O) groups excluding carboxylic acids is 2. The highest BCUT2D eigenvalue weighted by atomic mass is 32.2. The van der Waals surface area contributed by atoms with E-state index >= 15 is 0 Å². The van der Waals surface area contributed by atoms with Crippen LogP contribution in [0.25, 0.3) is 11.0 Å². The summed E-state index contributed by atoms with van der Waals surface area (Å²) in [7, 11) is 1.65. The zero-order chi connectivity index (χ0) is 21.0. The molecule has 0 aliphatic heterocycles. The van der Waals surface area contributed by atoms with Crippen molar-refractivity contribution in [3.63, 3.8) is 0 Å². The monoisotopic (exact) mass is 410 g/mol. The number of amides is 2. The molecule has 0 radical (unpaired) electrons. The first-order valence-corrected chi connectivity index (χ1v) is 10.6. The van der Waals surface area contributed by atoms with E-state index in [1.165, 1.54) is 16.7 Å². The normalized spacial score (nSPS) is 12.0. The van der Waals surface area contributed by atoms with Crippen molar-refractivity contribution in [3.8, 4) is 0 Å². The number of hydrogen-bond acceptors (Lipinski definition) is 4. The molecule has 1 atom stereocenters. The third-order valence-corrected chi connectivity index (χ3v) is 5.94. The molecule has 6 nitrogen and oxygen atoms in total. The summed E-state index contributed by atoms with van der Waals surface area (Å²) in [6.45, 7) is 5.94. The predicted molar refractivity (Wildman–Crippen MR) is 119 cm³/mol. The Bertz CT molecular complexity index is 977. The van der Waals surface area contributed by atoms with Gasteiger partial charge in [0.15, 0.2) is 0 Å². The Morgan fingerprint density at radius 3 is 2.52 bits per heavy atom. The number of nitrogens with zero attached hydrogens (tertiary/aromatic N) is 2. The number of aromatic amines is 1. The van der Waals surface area contributed by atoms with Crippen molar-refractivity contribution in [2.75, 3.05) is 24.7 Å². The number of hydrogen-bond donors (Lipinski definition) is 2. The van der Waals surface area contributed by atoms with E-state index in [1.54, 1.807) is 7.05 Å². The molecule has 7 heteroatoms. The molecule has 0 bridgehead atoms. The van der Waals surface area contributed by atoms with Crippen LogP contribution in [-0.4, -0.2) is 46.0 Å². The molecule has 1 heterocycles. The molecule has 0 fully saturated rings. The molecule has 0 aliphatic rings. The minimum atomic E-state index is -0.200. The molecular weight excluding hydrogens is 384 g/mol. The van der Waals surface area contributed by atoms with E-state index in [4.69, 9.17) is 0 Å². The SMILES string of the molecule is Cc1cccc(C)c1NC(=O)CN(C)C(=O)CSC(C)c1nc2ccccc2[nH]1. The van der Waals surface area contributed by atoms with Gasteiger partial charge in [-0.25, -0.2) is 4.98 Å². The number of thioether (sulfide) groups is 1. The van der Waals surface area contributed by atoms with Crippen LogP contribution >= 0.6 is 11.8 Å². The Balaban J connectivity index is 1.51. The van der Waals surface area contributed by atoms with Gasteiger partial charge in [0.25, 0.3) is 0 Å². The zero-order valence-electron chi connectivity index (χ0n) is 17.2. The number of likely N-dealkylation sites (N-methyl/N-ethyl adjacent to an activating group) is 1. The molecule has 2 N–H and O–H groups in total. The lowest BCUT2D eigenvalue weighted by atomic mass is 10.1. The van der Waals surface area contributed by atoms with E-state index in [2.05, 4.69) is 15.3 Å². The topological polar surface area (TPSA) is 78.1 Å². The third kappa shape index (κ3) is 5.17. The number of imidazole rings is 1. The van der Waals surface area contributed by atoms with Crippen LogP contribution in [0.2, 0.25) is 0 Å². The van der Waals surface area contributed by atoms with Gasteiger partial charge in [0.2, 0.25) is 11.8 Å². The smallest absolute Gasteiger partial charge is 0.243 e. The van der Waals surface area contributed by atoms with Crippen molar-refractivity contribution in [3.05, 3.63) is 59.4 Å². The number of nitrogens with one attached hydrogen (secondary N) is 2. The van der Waals surface area contributed by atoms with Gasteiger partial charge < -0.3 is 15.2 Å². The lowest BCUT2D eigenvalue weighted by Gasteiger charge is -2.18. The van der Waals surface area contributed by atoms with Crippen LogP contribution in [0.3, 0.4) is 0 Å². The molecule has 1 unspecified atom stereocenters. The first-order chi connectivity index (χ1) is 13.8. The number of aromatic nitrogens is 2. The molecular formula is C22H26N4O2S. The number of fused-ring (bicyclic) bond motifs is 1. The summed E-state index contributed by atoms with van der Waals surface area (Å²) in [5.74, 6) is 0.841. The van der Waals surface area contributed by atoms with Crippen molar-refractivity contribution in [1.29, 1.82) is 0 Å². The molecule has 0 spiro atoms. The average Bonchev–Trinajstić information content (AvgIpc) is 3.13. The second kappa shape index (κ2) is 9.13. The number of benzene rings is 2. The second-order valence-corrected chi connectivity index (χ2v) is 8.49. The Kier molecular flexibility index (Phi) is 6.59. The van der Waals surface area contributed by atoms with Crippen molar-refractivity contribution in [2.24, 2.45) is 0 Å². The summed E-state index contributed by atoms with van der Waals surface area (Å²) in [5.41, 5.74) is 4.72. The van der Waals surface area contributed by atoms with Gasteiger partial charge in [-0.1, -0.05) is 30.3 Å². The summed E-state index contributed by atoms with van der Waals surface area (Å²) in [6, 6.07) is 13.7. The van der Waals surface area contributed by atoms with Crippen LogP contribution in [0.1, 0.15) is 29.1 Å². The lowest BCUT2D eigenvalue weighted by Crippen LogP contribution is -2.36. The quantitative estimate of drug-likeness (QED) is 0.615. The number of aryl methyl sites for hydroxylation is 2. The third-order valence-electron chi connectivity index (χ3n) is 4.80. The average molecular weight is 411 g/mol. The van der Waals surface area contributed by atoms with Crippen molar-refractivity contribution < 1.29 is 9.59 Å². The van der Waals surface area contributed by atoms with E-state index in [0.717, 1.165) is 33.7 Å². The van der Waals surface area contributed by atoms with Crippen LogP contribution in [0, 0.1) is 13.8 Å². The van der Waals surface area contributed by atoms with Gasteiger partial charge in [-0.05, 0) is 44.0 Å². The Labute approximate surface area is 175 Å². The standard InChI is InChI=1S/C22H26N4O2S/c1-14-8-7-9-15(2)21(14)25-19(27)12-26(4)20(28)13-29-16(3)22-23-17-10-5-6-11-18(17)24-22/h5-11,16H,12-13H2,1-4H3,(H,23,24)(H,25,27). The number of H-pyrrole nitrogens is 1. The molecule has 3 rings (SSSR count). The fourth-order valence-corrected chi connectivity index (χ4v) is 3.93. The predicted octanol–water partition coefficient (Wildman–Crippen LogP) is 4.07. The highest BCUT2D eigenvalue weighted by molar-refractivity contribution is 8.00. The summed E-state index contributed by atoms with van der Waals surface area (Å²) in [5, 5.41) is 2.96. The molecule has 0 aliphatic carbocycles. The van der Waals surface area contributed by atoms with Crippen molar-refractivity contribution in [2.45, 2.75) is 26.0 Å². The fraction of sp³-hybridized carbons (Fsp3) is 0.318. The minimum absolute atomic E-state index is 0.0200. The number of carbonyl (C=O) groups is 2. The van der Waals surface area contributed by atoms with Gasteiger partial charge in [0.1, 0.15) is 5.82 Å². The fourth-order valence-electron chi connectivity index (χ4n) is 3.04. The molecule has 0 saturated heterocycles. The molecule has 2 aromatic carbocycles. The number of anilines is 1. The molecule has 1 aromatic heterocycles. The van der Waals surface area contributed by atoms with Gasteiger partial charge in [0.05, 0.1) is 28.6 Å². The van der Waals surface area contributed by atoms with Crippen molar-refractivity contribution >= 4 is 40.3 Å². The van der Waals surface area contributed by atoms with Gasteiger partial charge >= 0.3 is 0 Å². The van der Waals surface area contributed by atoms with E-state index in [-0.39, 0.29) is 29.4 Å². The van der Waals surface area contributed by atoms with Crippen LogP contribution in [0.4, 0.5) is 5.69 Å². The maximum Gasteiger partial charge on any atom is 0.243 e. The second-order valence-electron chi connectivity index (χ2n) is 7.16. The maximum atomic E-state index is 12.5. The van der Waals surface area contributed by atoms with Crippen molar-refractivity contribution in [1.82, 2.24) is 14.9 Å². The van der Waals surface area contributed by atoms with Gasteiger partial charge in [0, 0.05) is 12.7 Å². The molecule has 3 aromatic rings.